The zero-order valence-electron chi connectivity index (χ0n) is 8.91. The molecule has 0 spiro atoms. The molecule has 1 unspecified atom stereocenters. The van der Waals surface area contributed by atoms with Crippen molar-refractivity contribution in [3.8, 4) is 0 Å². The van der Waals surface area contributed by atoms with E-state index in [1.807, 2.05) is 6.92 Å². The quantitative estimate of drug-likeness (QED) is 0.665. The van der Waals surface area contributed by atoms with E-state index in [-0.39, 0.29) is 11.9 Å². The smallest absolute Gasteiger partial charge is 0.234 e. The Bertz CT molecular complexity index is 188. The van der Waals surface area contributed by atoms with Crippen LogP contribution in [0.3, 0.4) is 0 Å². The Morgan fingerprint density at radius 3 is 2.50 bits per heavy atom. The molecule has 0 aliphatic carbocycles. The Hall–Kier alpha value is -0.610. The minimum atomic E-state index is -0.220. The first-order chi connectivity index (χ1) is 6.65. The molecule has 1 amide bonds. The van der Waals surface area contributed by atoms with Gasteiger partial charge in [-0.2, -0.15) is 0 Å². The molecule has 1 aliphatic heterocycles. The summed E-state index contributed by atoms with van der Waals surface area (Å²) in [6, 6.07) is -0.117. The molecule has 1 aliphatic rings. The standard InChI is InChI=1S/C10H21N3O/c1-8(10(12)14)13-6-3-9(2-5-11)4-7-13/h8-9H,2-7,11H2,1H3,(H2,12,14). The maximum atomic E-state index is 11.0. The van der Waals surface area contributed by atoms with Crippen LogP contribution in [-0.4, -0.2) is 36.5 Å². The van der Waals surface area contributed by atoms with Gasteiger partial charge in [0, 0.05) is 0 Å². The molecule has 0 radical (unpaired) electrons. The first kappa shape index (κ1) is 11.5. The van der Waals surface area contributed by atoms with Crippen LogP contribution in [0.5, 0.6) is 0 Å². The molecule has 14 heavy (non-hydrogen) atoms. The summed E-state index contributed by atoms with van der Waals surface area (Å²) in [7, 11) is 0. The van der Waals surface area contributed by atoms with Crippen LogP contribution in [0.15, 0.2) is 0 Å². The summed E-state index contributed by atoms with van der Waals surface area (Å²) in [5, 5.41) is 0. The van der Waals surface area contributed by atoms with Gasteiger partial charge in [0.15, 0.2) is 0 Å². The zero-order valence-corrected chi connectivity index (χ0v) is 8.91. The van der Waals surface area contributed by atoms with E-state index in [9.17, 15) is 4.79 Å². The van der Waals surface area contributed by atoms with Crippen molar-refractivity contribution in [2.45, 2.75) is 32.2 Å². The van der Waals surface area contributed by atoms with Crippen LogP contribution in [0.4, 0.5) is 0 Å². The Morgan fingerprint density at radius 1 is 1.50 bits per heavy atom. The molecule has 0 saturated carbocycles. The number of carbonyl (C=O) groups excluding carboxylic acids is 1. The van der Waals surface area contributed by atoms with Gasteiger partial charge in [-0.1, -0.05) is 0 Å². The molecule has 1 atom stereocenters. The number of likely N-dealkylation sites (tertiary alicyclic amines) is 1. The van der Waals surface area contributed by atoms with Gasteiger partial charge in [-0.3, -0.25) is 9.69 Å². The van der Waals surface area contributed by atoms with E-state index in [2.05, 4.69) is 4.90 Å². The predicted molar refractivity (Wildman–Crippen MR) is 56.6 cm³/mol. The molecule has 4 N–H and O–H groups in total. The van der Waals surface area contributed by atoms with E-state index in [0.29, 0.717) is 0 Å². The van der Waals surface area contributed by atoms with Gasteiger partial charge >= 0.3 is 0 Å². The van der Waals surface area contributed by atoms with Crippen LogP contribution in [0.1, 0.15) is 26.2 Å². The highest BCUT2D eigenvalue weighted by molar-refractivity contribution is 5.79. The maximum absolute atomic E-state index is 11.0. The minimum absolute atomic E-state index is 0.117. The van der Waals surface area contributed by atoms with Crippen LogP contribution in [0.2, 0.25) is 0 Å². The van der Waals surface area contributed by atoms with E-state index >= 15 is 0 Å². The van der Waals surface area contributed by atoms with E-state index in [4.69, 9.17) is 11.5 Å². The van der Waals surface area contributed by atoms with Crippen molar-refractivity contribution in [2.24, 2.45) is 17.4 Å². The highest BCUT2D eigenvalue weighted by atomic mass is 16.1. The number of nitrogens with two attached hydrogens (primary N) is 2. The van der Waals surface area contributed by atoms with Gasteiger partial charge < -0.3 is 11.5 Å². The zero-order chi connectivity index (χ0) is 10.6. The molecular formula is C10H21N3O. The molecule has 0 aromatic rings. The number of nitrogens with zero attached hydrogens (tertiary/aromatic N) is 1. The van der Waals surface area contributed by atoms with Crippen molar-refractivity contribution in [1.29, 1.82) is 0 Å². The van der Waals surface area contributed by atoms with Gasteiger partial charge in [-0.05, 0) is 51.7 Å². The summed E-state index contributed by atoms with van der Waals surface area (Å²) in [5.41, 5.74) is 10.8. The summed E-state index contributed by atoms with van der Waals surface area (Å²) < 4.78 is 0. The SMILES string of the molecule is CC(C(N)=O)N1CCC(CCN)CC1. The Labute approximate surface area is 85.6 Å². The number of rotatable bonds is 4. The lowest BCUT2D eigenvalue weighted by Gasteiger charge is -2.34. The molecule has 0 aromatic carbocycles. The normalized spacial score (nSPS) is 22.1. The number of piperidine rings is 1. The lowest BCUT2D eigenvalue weighted by Crippen LogP contribution is -2.46. The van der Waals surface area contributed by atoms with Crippen LogP contribution in [-0.2, 0) is 4.79 Å². The van der Waals surface area contributed by atoms with Crippen molar-refractivity contribution in [1.82, 2.24) is 4.90 Å². The van der Waals surface area contributed by atoms with Crippen molar-refractivity contribution < 1.29 is 4.79 Å². The van der Waals surface area contributed by atoms with Gasteiger partial charge in [0.25, 0.3) is 0 Å². The fourth-order valence-corrected chi connectivity index (χ4v) is 2.04. The van der Waals surface area contributed by atoms with Crippen LogP contribution < -0.4 is 11.5 Å². The van der Waals surface area contributed by atoms with Gasteiger partial charge in [0.2, 0.25) is 5.91 Å². The average molecular weight is 199 g/mol. The first-order valence-corrected chi connectivity index (χ1v) is 5.38. The fourth-order valence-electron chi connectivity index (χ4n) is 2.04. The van der Waals surface area contributed by atoms with Gasteiger partial charge in [0.1, 0.15) is 0 Å². The Balaban J connectivity index is 2.31. The minimum Gasteiger partial charge on any atom is -0.368 e. The second-order valence-electron chi connectivity index (χ2n) is 4.14. The molecule has 1 heterocycles. The molecule has 4 heteroatoms. The average Bonchev–Trinajstić information content (AvgIpc) is 2.18. The second-order valence-corrected chi connectivity index (χ2v) is 4.14. The monoisotopic (exact) mass is 199 g/mol. The number of hydrogen-bond acceptors (Lipinski definition) is 3. The van der Waals surface area contributed by atoms with Crippen LogP contribution in [0, 0.1) is 5.92 Å². The first-order valence-electron chi connectivity index (χ1n) is 5.38. The summed E-state index contributed by atoms with van der Waals surface area (Å²) in [4.78, 5) is 13.1. The predicted octanol–water partition coefficient (Wildman–Crippen LogP) is -0.0790. The number of primary amides is 1. The lowest BCUT2D eigenvalue weighted by molar-refractivity contribution is -0.123. The number of hydrogen-bond donors (Lipinski definition) is 2. The molecule has 1 saturated heterocycles. The molecule has 0 aromatic heterocycles. The highest BCUT2D eigenvalue weighted by Gasteiger charge is 2.24. The van der Waals surface area contributed by atoms with Crippen molar-refractivity contribution >= 4 is 5.91 Å². The fraction of sp³-hybridized carbons (Fsp3) is 0.900. The number of amides is 1. The third kappa shape index (κ3) is 2.96. The van der Waals surface area contributed by atoms with Crippen molar-refractivity contribution in [3.63, 3.8) is 0 Å². The van der Waals surface area contributed by atoms with Gasteiger partial charge in [0.05, 0.1) is 6.04 Å². The summed E-state index contributed by atoms with van der Waals surface area (Å²) in [5.74, 6) is 0.526. The third-order valence-corrected chi connectivity index (χ3v) is 3.18. The Morgan fingerprint density at radius 2 is 2.07 bits per heavy atom. The van der Waals surface area contributed by atoms with E-state index in [1.165, 1.54) is 0 Å². The largest absolute Gasteiger partial charge is 0.368 e. The molecule has 82 valence electrons. The molecular weight excluding hydrogens is 178 g/mol. The van der Waals surface area contributed by atoms with Crippen molar-refractivity contribution in [2.75, 3.05) is 19.6 Å². The van der Waals surface area contributed by atoms with Crippen LogP contribution >= 0.6 is 0 Å². The van der Waals surface area contributed by atoms with E-state index < -0.39 is 0 Å². The van der Waals surface area contributed by atoms with E-state index in [1.54, 1.807) is 0 Å². The third-order valence-electron chi connectivity index (χ3n) is 3.18. The summed E-state index contributed by atoms with van der Waals surface area (Å²) in [6.07, 6.45) is 3.41. The van der Waals surface area contributed by atoms with Gasteiger partial charge in [-0.25, -0.2) is 0 Å². The number of carbonyl (C=O) groups is 1. The highest BCUT2D eigenvalue weighted by Crippen LogP contribution is 2.20. The molecule has 4 nitrogen and oxygen atoms in total. The topological polar surface area (TPSA) is 72.4 Å². The molecule has 1 rings (SSSR count). The Kier molecular flexibility index (Phi) is 4.35. The molecule has 1 fully saturated rings. The second kappa shape index (κ2) is 5.32. The molecule has 0 bridgehead atoms. The summed E-state index contributed by atoms with van der Waals surface area (Å²) >= 11 is 0. The lowest BCUT2D eigenvalue weighted by atomic mass is 9.93. The van der Waals surface area contributed by atoms with Crippen molar-refractivity contribution in [3.05, 3.63) is 0 Å². The summed E-state index contributed by atoms with van der Waals surface area (Å²) in [6.45, 7) is 4.62. The van der Waals surface area contributed by atoms with Crippen LogP contribution in [0.25, 0.3) is 0 Å². The van der Waals surface area contributed by atoms with E-state index in [0.717, 1.165) is 44.8 Å². The van der Waals surface area contributed by atoms with Gasteiger partial charge in [-0.15, -0.1) is 0 Å². The maximum Gasteiger partial charge on any atom is 0.234 e.